The van der Waals surface area contributed by atoms with E-state index in [4.69, 9.17) is 40.1 Å². The zero-order valence-electron chi connectivity index (χ0n) is 8.52. The Bertz CT molecular complexity index is 513. The number of hydrogen-bond acceptors (Lipinski definition) is 3. The number of amides is 1. The van der Waals surface area contributed by atoms with Gasteiger partial charge in [-0.2, -0.15) is 5.26 Å². The predicted molar refractivity (Wildman–Crippen MR) is 70.0 cm³/mol. The van der Waals surface area contributed by atoms with Crippen LogP contribution < -0.4 is 5.32 Å². The van der Waals surface area contributed by atoms with Gasteiger partial charge in [0.2, 0.25) is 0 Å². The Hall–Kier alpha value is -0.470. The molecule has 90 valence electrons. The van der Waals surface area contributed by atoms with Crippen LogP contribution in [0.1, 0.15) is 22.4 Å². The molecule has 0 saturated heterocycles. The lowest BCUT2D eigenvalue weighted by atomic mass is 10.1. The number of carbonyl (C=O) groups excluding carboxylic acids is 1. The van der Waals surface area contributed by atoms with Gasteiger partial charge < -0.3 is 5.32 Å². The molecule has 0 unspecified atom stereocenters. The molecule has 3 nitrogen and oxygen atoms in total. The van der Waals surface area contributed by atoms with E-state index in [1.165, 1.54) is 11.3 Å². The number of rotatable bonds is 1. The van der Waals surface area contributed by atoms with Crippen LogP contribution in [0.4, 0.5) is 5.00 Å². The first-order valence-electron chi connectivity index (χ1n) is 4.86. The van der Waals surface area contributed by atoms with Crippen molar-refractivity contribution in [1.29, 1.82) is 5.26 Å². The summed E-state index contributed by atoms with van der Waals surface area (Å²) in [4.78, 5) is 12.7. The molecule has 0 spiro atoms. The van der Waals surface area contributed by atoms with E-state index in [1.807, 2.05) is 0 Å². The van der Waals surface area contributed by atoms with Crippen molar-refractivity contribution in [2.45, 2.75) is 23.1 Å². The van der Waals surface area contributed by atoms with Crippen molar-refractivity contribution in [3.8, 4) is 6.07 Å². The van der Waals surface area contributed by atoms with Crippen molar-refractivity contribution in [2.24, 2.45) is 0 Å². The molecule has 0 saturated carbocycles. The topological polar surface area (TPSA) is 52.9 Å². The van der Waals surface area contributed by atoms with Crippen LogP contribution in [0.2, 0.25) is 0 Å². The van der Waals surface area contributed by atoms with E-state index in [9.17, 15) is 4.79 Å². The number of nitrogens with one attached hydrogen (secondary N) is 1. The van der Waals surface area contributed by atoms with Crippen LogP contribution in [0.3, 0.4) is 0 Å². The first-order valence-corrected chi connectivity index (χ1v) is 6.81. The molecule has 1 aliphatic carbocycles. The molecule has 1 N–H and O–H groups in total. The monoisotopic (exact) mass is 308 g/mol. The normalized spacial score (nSPS) is 14.2. The fourth-order valence-corrected chi connectivity index (χ4v) is 3.16. The van der Waals surface area contributed by atoms with Gasteiger partial charge in [0.05, 0.1) is 5.56 Å². The molecule has 0 fully saturated rings. The van der Waals surface area contributed by atoms with Crippen molar-refractivity contribution in [2.75, 3.05) is 5.32 Å². The lowest BCUT2D eigenvalue weighted by molar-refractivity contribution is -0.115. The second-order valence-electron chi connectivity index (χ2n) is 3.63. The molecular weight excluding hydrogens is 303 g/mol. The van der Waals surface area contributed by atoms with Crippen molar-refractivity contribution >= 4 is 57.0 Å². The minimum atomic E-state index is -2.01. The van der Waals surface area contributed by atoms with E-state index in [-0.39, 0.29) is 0 Å². The predicted octanol–water partition coefficient (Wildman–Crippen LogP) is 3.42. The SMILES string of the molecule is N#Cc1c(NC(=O)C(Cl)(Cl)Cl)sc2c1CCC2. The third-order valence-corrected chi connectivity index (χ3v) is 4.24. The molecule has 1 amide bonds. The third kappa shape index (κ3) is 2.53. The van der Waals surface area contributed by atoms with Crippen LogP contribution in [0.5, 0.6) is 0 Å². The molecule has 1 aromatic heterocycles. The van der Waals surface area contributed by atoms with Gasteiger partial charge in [-0.15, -0.1) is 11.3 Å². The van der Waals surface area contributed by atoms with Crippen LogP contribution >= 0.6 is 46.1 Å². The molecule has 7 heteroatoms. The maximum atomic E-state index is 11.5. The van der Waals surface area contributed by atoms with Gasteiger partial charge in [-0.25, -0.2) is 0 Å². The number of nitriles is 1. The Morgan fingerprint density at radius 1 is 1.41 bits per heavy atom. The van der Waals surface area contributed by atoms with E-state index < -0.39 is 9.70 Å². The molecule has 0 bridgehead atoms. The fraction of sp³-hybridized carbons (Fsp3) is 0.400. The smallest absolute Gasteiger partial charge is 0.277 e. The first kappa shape index (κ1) is 13.0. The largest absolute Gasteiger partial charge is 0.313 e. The summed E-state index contributed by atoms with van der Waals surface area (Å²) < 4.78 is -2.01. The number of nitrogens with zero attached hydrogens (tertiary/aromatic N) is 1. The lowest BCUT2D eigenvalue weighted by Gasteiger charge is -2.10. The van der Waals surface area contributed by atoms with Gasteiger partial charge in [-0.1, -0.05) is 34.8 Å². The summed E-state index contributed by atoms with van der Waals surface area (Å²) in [6.45, 7) is 0. The second kappa shape index (κ2) is 4.66. The average Bonchev–Trinajstić information content (AvgIpc) is 2.75. The number of hydrogen-bond donors (Lipinski definition) is 1. The molecule has 0 aromatic carbocycles. The maximum Gasteiger partial charge on any atom is 0.277 e. The molecule has 2 rings (SSSR count). The fourth-order valence-electron chi connectivity index (χ4n) is 1.78. The quantitative estimate of drug-likeness (QED) is 0.808. The van der Waals surface area contributed by atoms with Gasteiger partial charge in [0.25, 0.3) is 9.70 Å². The Balaban J connectivity index is 2.29. The Morgan fingerprint density at radius 3 is 2.71 bits per heavy atom. The van der Waals surface area contributed by atoms with Gasteiger partial charge in [0, 0.05) is 4.88 Å². The zero-order chi connectivity index (χ0) is 12.6. The van der Waals surface area contributed by atoms with Crippen molar-refractivity contribution in [3.63, 3.8) is 0 Å². The van der Waals surface area contributed by atoms with Crippen LogP contribution in [-0.4, -0.2) is 9.70 Å². The Morgan fingerprint density at radius 2 is 2.12 bits per heavy atom. The molecule has 0 atom stereocenters. The van der Waals surface area contributed by atoms with Crippen LogP contribution in [0, 0.1) is 11.3 Å². The number of halogens is 3. The number of aryl methyl sites for hydroxylation is 1. The van der Waals surface area contributed by atoms with Gasteiger partial charge in [-0.3, -0.25) is 4.79 Å². The molecule has 0 radical (unpaired) electrons. The summed E-state index contributed by atoms with van der Waals surface area (Å²) in [7, 11) is 0. The second-order valence-corrected chi connectivity index (χ2v) is 7.01. The maximum absolute atomic E-state index is 11.5. The van der Waals surface area contributed by atoms with Gasteiger partial charge >= 0.3 is 0 Å². The molecular formula is C10H7Cl3N2OS. The number of anilines is 1. The first-order chi connectivity index (χ1) is 7.93. The van der Waals surface area contributed by atoms with E-state index in [2.05, 4.69) is 11.4 Å². The van der Waals surface area contributed by atoms with E-state index in [1.54, 1.807) is 0 Å². The highest BCUT2D eigenvalue weighted by molar-refractivity contribution is 7.16. The summed E-state index contributed by atoms with van der Waals surface area (Å²) in [5.41, 5.74) is 1.53. The minimum Gasteiger partial charge on any atom is -0.313 e. The number of fused-ring (bicyclic) bond motifs is 1. The molecule has 17 heavy (non-hydrogen) atoms. The highest BCUT2D eigenvalue weighted by Crippen LogP contribution is 2.39. The highest BCUT2D eigenvalue weighted by Gasteiger charge is 2.32. The Labute approximate surface area is 117 Å². The summed E-state index contributed by atoms with van der Waals surface area (Å²) in [5.74, 6) is -0.737. The average molecular weight is 310 g/mol. The van der Waals surface area contributed by atoms with Crippen LogP contribution in [0.15, 0.2) is 0 Å². The summed E-state index contributed by atoms with van der Waals surface area (Å²) in [6, 6.07) is 2.10. The van der Waals surface area contributed by atoms with Crippen molar-refractivity contribution < 1.29 is 4.79 Å². The molecule has 1 aromatic rings. The van der Waals surface area contributed by atoms with Gasteiger partial charge in [0.1, 0.15) is 11.1 Å². The van der Waals surface area contributed by atoms with Crippen LogP contribution in [0.25, 0.3) is 0 Å². The summed E-state index contributed by atoms with van der Waals surface area (Å²) >= 11 is 17.8. The summed E-state index contributed by atoms with van der Waals surface area (Å²) in [6.07, 6.45) is 2.87. The standard InChI is InChI=1S/C10H7Cl3N2OS/c11-10(12,13)9(16)15-8-6(4-14)5-2-1-3-7(5)17-8/h1-3H2,(H,15,16). The van der Waals surface area contributed by atoms with E-state index >= 15 is 0 Å². The van der Waals surface area contributed by atoms with Crippen LogP contribution in [-0.2, 0) is 17.6 Å². The lowest BCUT2D eigenvalue weighted by Crippen LogP contribution is -2.26. The Kier molecular flexibility index (Phi) is 3.55. The van der Waals surface area contributed by atoms with Gasteiger partial charge in [-0.05, 0) is 24.8 Å². The van der Waals surface area contributed by atoms with Gasteiger partial charge in [0.15, 0.2) is 0 Å². The van der Waals surface area contributed by atoms with Crippen molar-refractivity contribution in [3.05, 3.63) is 16.0 Å². The van der Waals surface area contributed by atoms with E-state index in [0.717, 1.165) is 29.7 Å². The number of alkyl halides is 3. The summed E-state index contributed by atoms with van der Waals surface area (Å²) in [5, 5.41) is 12.1. The number of carbonyl (C=O) groups is 1. The minimum absolute atomic E-state index is 0.480. The highest BCUT2D eigenvalue weighted by atomic mass is 35.6. The molecule has 1 heterocycles. The zero-order valence-corrected chi connectivity index (χ0v) is 11.6. The number of thiophene rings is 1. The van der Waals surface area contributed by atoms with E-state index in [0.29, 0.717) is 10.6 Å². The molecule has 1 aliphatic rings. The van der Waals surface area contributed by atoms with Crippen molar-refractivity contribution in [1.82, 2.24) is 0 Å². The molecule has 0 aliphatic heterocycles. The third-order valence-electron chi connectivity index (χ3n) is 2.52.